The minimum Gasteiger partial charge on any atom is -0.507 e. The number of para-hydroxylation sites is 1. The van der Waals surface area contributed by atoms with Crippen LogP contribution in [0.5, 0.6) is 5.75 Å². The Labute approximate surface area is 193 Å². The fourth-order valence-corrected chi connectivity index (χ4v) is 4.22. The second-order valence-electron chi connectivity index (χ2n) is 9.28. The predicted octanol–water partition coefficient (Wildman–Crippen LogP) is 5.09. The highest BCUT2D eigenvalue weighted by Gasteiger charge is 2.18. The lowest BCUT2D eigenvalue weighted by atomic mass is 10.1. The van der Waals surface area contributed by atoms with Gasteiger partial charge in [0.1, 0.15) is 18.0 Å². The van der Waals surface area contributed by atoms with Crippen LogP contribution in [0.15, 0.2) is 36.4 Å². The quantitative estimate of drug-likeness (QED) is 0.299. The predicted molar refractivity (Wildman–Crippen MR) is 127 cm³/mol. The molecule has 0 fully saturated rings. The van der Waals surface area contributed by atoms with E-state index in [1.807, 2.05) is 0 Å². The number of phenolic OH excluding ortho intramolecular Hbond substituents is 1. The highest BCUT2D eigenvalue weighted by Crippen LogP contribution is 2.25. The van der Waals surface area contributed by atoms with E-state index < -0.39 is 19.7 Å². The van der Waals surface area contributed by atoms with E-state index in [1.165, 1.54) is 10.7 Å². The van der Waals surface area contributed by atoms with E-state index in [0.29, 0.717) is 43.5 Å². The van der Waals surface area contributed by atoms with Crippen LogP contribution in [0.2, 0.25) is 25.7 Å². The number of aryl methyl sites for hydroxylation is 1. The van der Waals surface area contributed by atoms with E-state index in [2.05, 4.69) is 30.1 Å². The molecule has 3 rings (SSSR count). The lowest BCUT2D eigenvalue weighted by molar-refractivity contribution is 0.0809. The smallest absolute Gasteiger partial charge is 0.255 e. The Morgan fingerprint density at radius 2 is 1.91 bits per heavy atom. The van der Waals surface area contributed by atoms with Gasteiger partial charge in [0.25, 0.3) is 5.91 Å². The van der Waals surface area contributed by atoms with Crippen molar-refractivity contribution in [3.63, 3.8) is 0 Å². The Hall–Kier alpha value is -2.78. The first-order valence-corrected chi connectivity index (χ1v) is 14.9. The number of fused-ring (bicyclic) bond motifs is 1. The average molecular weight is 476 g/mol. The van der Waals surface area contributed by atoms with Crippen molar-refractivity contribution in [1.82, 2.24) is 15.1 Å². The van der Waals surface area contributed by atoms with Crippen LogP contribution < -0.4 is 5.32 Å². The topological polar surface area (TPSA) is 76.4 Å². The van der Waals surface area contributed by atoms with Gasteiger partial charge in [-0.05, 0) is 49.6 Å². The maximum absolute atomic E-state index is 14.5. The summed E-state index contributed by atoms with van der Waals surface area (Å²) < 4.78 is 35.5. The molecule has 0 aliphatic rings. The molecule has 0 aliphatic heterocycles. The van der Waals surface area contributed by atoms with Crippen molar-refractivity contribution in [3.05, 3.63) is 59.3 Å². The largest absolute Gasteiger partial charge is 0.507 e. The number of halogens is 2. The molecule has 0 spiro atoms. The standard InChI is InChI=1S/C24H31F2N3O3Si/c1-33(2,3)15-14-32-16-29-23-17(11-12-19(25)22(23)26)20(28-29)9-6-7-13-27-24(31)18-8-4-5-10-21(18)30/h4-5,8,10-12,30H,6-7,9,13-16H2,1-3H3,(H,27,31). The van der Waals surface area contributed by atoms with E-state index in [4.69, 9.17) is 4.74 Å². The average Bonchev–Trinajstić information content (AvgIpc) is 3.11. The van der Waals surface area contributed by atoms with Crippen molar-refractivity contribution < 1.29 is 23.4 Å². The summed E-state index contributed by atoms with van der Waals surface area (Å²) in [6, 6.07) is 10.0. The first-order valence-electron chi connectivity index (χ1n) is 11.1. The third-order valence-electron chi connectivity index (χ3n) is 5.36. The van der Waals surface area contributed by atoms with Gasteiger partial charge in [-0.1, -0.05) is 31.8 Å². The van der Waals surface area contributed by atoms with Gasteiger partial charge < -0.3 is 15.2 Å². The van der Waals surface area contributed by atoms with Crippen molar-refractivity contribution in [3.8, 4) is 5.75 Å². The molecule has 0 bridgehead atoms. The molecule has 0 aliphatic carbocycles. The normalized spacial score (nSPS) is 11.8. The summed E-state index contributed by atoms with van der Waals surface area (Å²) in [7, 11) is -1.25. The van der Waals surface area contributed by atoms with Gasteiger partial charge in [-0.3, -0.25) is 4.79 Å². The molecule has 2 N–H and O–H groups in total. The number of benzene rings is 2. The van der Waals surface area contributed by atoms with E-state index in [1.54, 1.807) is 24.3 Å². The van der Waals surface area contributed by atoms with Crippen LogP contribution in [-0.4, -0.2) is 42.0 Å². The Morgan fingerprint density at radius 1 is 1.15 bits per heavy atom. The third-order valence-corrected chi connectivity index (χ3v) is 7.07. The molecule has 0 saturated carbocycles. The zero-order valence-corrected chi connectivity index (χ0v) is 20.3. The first kappa shape index (κ1) is 24.9. The molecule has 0 atom stereocenters. The highest BCUT2D eigenvalue weighted by molar-refractivity contribution is 6.76. The number of aromatic hydroxyl groups is 1. The number of carbonyl (C=O) groups is 1. The summed E-state index contributed by atoms with van der Waals surface area (Å²) >= 11 is 0. The van der Waals surface area contributed by atoms with E-state index in [0.717, 1.165) is 12.1 Å². The number of unbranched alkanes of at least 4 members (excludes halogenated alkanes) is 1. The molecule has 0 saturated heterocycles. The van der Waals surface area contributed by atoms with E-state index in [9.17, 15) is 18.7 Å². The maximum Gasteiger partial charge on any atom is 0.255 e. The summed E-state index contributed by atoms with van der Waals surface area (Å²) in [6.45, 7) is 7.79. The zero-order chi connectivity index (χ0) is 24.0. The second kappa shape index (κ2) is 10.9. The van der Waals surface area contributed by atoms with E-state index >= 15 is 0 Å². The number of amides is 1. The van der Waals surface area contributed by atoms with Gasteiger partial charge >= 0.3 is 0 Å². The number of carbonyl (C=O) groups excluding carboxylic acids is 1. The number of nitrogens with zero attached hydrogens (tertiary/aromatic N) is 2. The molecule has 1 aromatic heterocycles. The molecule has 1 heterocycles. The minimum absolute atomic E-state index is 0.0617. The molecule has 1 amide bonds. The number of nitrogens with one attached hydrogen (secondary N) is 1. The lowest BCUT2D eigenvalue weighted by Gasteiger charge is -2.15. The minimum atomic E-state index is -1.25. The lowest BCUT2D eigenvalue weighted by Crippen LogP contribution is -2.24. The highest BCUT2D eigenvalue weighted by atomic mass is 28.3. The number of phenols is 1. The van der Waals surface area contributed by atoms with Gasteiger partial charge in [0, 0.05) is 26.6 Å². The molecule has 0 radical (unpaired) electrons. The van der Waals surface area contributed by atoms with Crippen LogP contribution in [0.3, 0.4) is 0 Å². The summed E-state index contributed by atoms with van der Waals surface area (Å²) in [6.07, 6.45) is 1.92. The molecule has 9 heteroatoms. The summed E-state index contributed by atoms with van der Waals surface area (Å²) in [4.78, 5) is 12.2. The third kappa shape index (κ3) is 6.61. The number of rotatable bonds is 11. The molecule has 0 unspecified atom stereocenters. The van der Waals surface area contributed by atoms with Gasteiger partial charge in [-0.25, -0.2) is 13.5 Å². The van der Waals surface area contributed by atoms with Crippen molar-refractivity contribution in [1.29, 1.82) is 0 Å². The van der Waals surface area contributed by atoms with Crippen LogP contribution in [0, 0.1) is 11.6 Å². The number of hydrogen-bond donors (Lipinski definition) is 2. The molecule has 6 nitrogen and oxygen atoms in total. The zero-order valence-electron chi connectivity index (χ0n) is 19.3. The van der Waals surface area contributed by atoms with Gasteiger partial charge in [-0.2, -0.15) is 5.10 Å². The Balaban J connectivity index is 1.59. The van der Waals surface area contributed by atoms with Crippen LogP contribution >= 0.6 is 0 Å². The molecule has 2 aromatic carbocycles. The summed E-state index contributed by atoms with van der Waals surface area (Å²) in [5.41, 5.74) is 1.02. The maximum atomic E-state index is 14.5. The Kier molecular flexibility index (Phi) is 8.20. The van der Waals surface area contributed by atoms with Gasteiger partial charge in [0.2, 0.25) is 0 Å². The van der Waals surface area contributed by atoms with Crippen LogP contribution in [-0.2, 0) is 17.9 Å². The van der Waals surface area contributed by atoms with Crippen molar-refractivity contribution in [2.45, 2.75) is 51.7 Å². The molecule has 178 valence electrons. The van der Waals surface area contributed by atoms with Gasteiger partial charge in [-0.15, -0.1) is 0 Å². The monoisotopic (exact) mass is 475 g/mol. The first-order chi connectivity index (χ1) is 15.7. The van der Waals surface area contributed by atoms with Gasteiger partial charge in [0.05, 0.1) is 11.3 Å². The van der Waals surface area contributed by atoms with E-state index in [-0.39, 0.29) is 29.5 Å². The van der Waals surface area contributed by atoms with Crippen LogP contribution in [0.25, 0.3) is 10.9 Å². The number of ether oxygens (including phenoxy) is 1. The fraction of sp³-hybridized carbons (Fsp3) is 0.417. The molecular formula is C24H31F2N3O3Si. The Bertz CT molecular complexity index is 1110. The second-order valence-corrected chi connectivity index (χ2v) is 14.9. The number of hydrogen-bond acceptors (Lipinski definition) is 4. The summed E-state index contributed by atoms with van der Waals surface area (Å²) in [5, 5.41) is 17.6. The van der Waals surface area contributed by atoms with Gasteiger partial charge in [0.15, 0.2) is 11.6 Å². The van der Waals surface area contributed by atoms with Crippen molar-refractivity contribution in [2.75, 3.05) is 13.2 Å². The SMILES string of the molecule is C[Si](C)(C)CCOCn1nc(CCCCNC(=O)c2ccccc2O)c2ccc(F)c(F)c21. The van der Waals surface area contributed by atoms with Crippen molar-refractivity contribution >= 4 is 24.9 Å². The fourth-order valence-electron chi connectivity index (χ4n) is 3.46. The number of aromatic nitrogens is 2. The Morgan fingerprint density at radius 3 is 2.64 bits per heavy atom. The molecular weight excluding hydrogens is 444 g/mol. The van der Waals surface area contributed by atoms with Crippen LogP contribution in [0.1, 0.15) is 28.9 Å². The van der Waals surface area contributed by atoms with Crippen LogP contribution in [0.4, 0.5) is 8.78 Å². The summed E-state index contributed by atoms with van der Waals surface area (Å²) in [5.74, 6) is -2.23. The molecule has 3 aromatic rings. The van der Waals surface area contributed by atoms with Crippen molar-refractivity contribution in [2.24, 2.45) is 0 Å². The molecule has 33 heavy (non-hydrogen) atoms.